The SMILES string of the molecule is COc1nc(CCO)nc2c1CCOCC2. The molecule has 0 saturated carbocycles. The molecule has 0 amide bonds. The lowest BCUT2D eigenvalue weighted by molar-refractivity contribution is 0.146. The van der Waals surface area contributed by atoms with E-state index in [0.29, 0.717) is 31.3 Å². The Morgan fingerprint density at radius 1 is 1.31 bits per heavy atom. The molecule has 0 bridgehead atoms. The van der Waals surface area contributed by atoms with Crippen LogP contribution >= 0.6 is 0 Å². The molecule has 2 rings (SSSR count). The molecular weight excluding hydrogens is 208 g/mol. The molecular formula is C11H16N2O3. The van der Waals surface area contributed by atoms with Gasteiger partial charge in [0.2, 0.25) is 5.88 Å². The highest BCUT2D eigenvalue weighted by molar-refractivity contribution is 5.32. The first-order chi connectivity index (χ1) is 7.85. The predicted molar refractivity (Wildman–Crippen MR) is 57.6 cm³/mol. The average molecular weight is 224 g/mol. The maximum absolute atomic E-state index is 8.90. The highest BCUT2D eigenvalue weighted by atomic mass is 16.5. The number of rotatable bonds is 3. The van der Waals surface area contributed by atoms with Crippen LogP contribution < -0.4 is 4.74 Å². The van der Waals surface area contributed by atoms with E-state index in [1.54, 1.807) is 7.11 Å². The van der Waals surface area contributed by atoms with Crippen LogP contribution in [0, 0.1) is 0 Å². The molecule has 0 spiro atoms. The largest absolute Gasteiger partial charge is 0.481 e. The van der Waals surface area contributed by atoms with E-state index in [-0.39, 0.29) is 6.61 Å². The predicted octanol–water partition coefficient (Wildman–Crippen LogP) is 0.135. The van der Waals surface area contributed by atoms with E-state index in [2.05, 4.69) is 9.97 Å². The summed E-state index contributed by atoms with van der Waals surface area (Å²) in [5.41, 5.74) is 2.04. The van der Waals surface area contributed by atoms with Gasteiger partial charge in [0.05, 0.1) is 32.6 Å². The third kappa shape index (κ3) is 2.31. The molecule has 1 aromatic heterocycles. The van der Waals surface area contributed by atoms with Gasteiger partial charge in [-0.3, -0.25) is 0 Å². The molecule has 1 aliphatic rings. The van der Waals surface area contributed by atoms with Crippen LogP contribution in [0.3, 0.4) is 0 Å². The van der Waals surface area contributed by atoms with Crippen LogP contribution in [0.4, 0.5) is 0 Å². The molecule has 2 heterocycles. The minimum Gasteiger partial charge on any atom is -0.481 e. The molecule has 5 heteroatoms. The smallest absolute Gasteiger partial charge is 0.219 e. The fourth-order valence-electron chi connectivity index (χ4n) is 1.84. The highest BCUT2D eigenvalue weighted by Gasteiger charge is 2.17. The van der Waals surface area contributed by atoms with Crippen molar-refractivity contribution in [3.05, 3.63) is 17.1 Å². The molecule has 1 aliphatic heterocycles. The molecule has 0 aromatic carbocycles. The van der Waals surface area contributed by atoms with Gasteiger partial charge in [-0.15, -0.1) is 0 Å². The van der Waals surface area contributed by atoms with Gasteiger partial charge in [-0.1, -0.05) is 0 Å². The number of hydrogen-bond acceptors (Lipinski definition) is 5. The molecule has 0 unspecified atom stereocenters. The molecule has 0 aliphatic carbocycles. The second-order valence-electron chi connectivity index (χ2n) is 3.66. The van der Waals surface area contributed by atoms with Crippen molar-refractivity contribution in [1.82, 2.24) is 9.97 Å². The standard InChI is InChI=1S/C11H16N2O3/c1-15-11-8-3-6-16-7-4-9(8)12-10(13-11)2-5-14/h14H,2-7H2,1H3. The summed E-state index contributed by atoms with van der Waals surface area (Å²) in [6.45, 7) is 1.43. The monoisotopic (exact) mass is 224 g/mol. The van der Waals surface area contributed by atoms with Gasteiger partial charge < -0.3 is 14.6 Å². The van der Waals surface area contributed by atoms with E-state index in [4.69, 9.17) is 14.6 Å². The Morgan fingerprint density at radius 3 is 2.88 bits per heavy atom. The second-order valence-corrected chi connectivity index (χ2v) is 3.66. The number of aliphatic hydroxyl groups is 1. The van der Waals surface area contributed by atoms with Crippen LogP contribution in [-0.2, 0) is 24.0 Å². The lowest BCUT2D eigenvalue weighted by Crippen LogP contribution is -2.09. The number of methoxy groups -OCH3 is 1. The Kier molecular flexibility index (Phi) is 3.69. The Hall–Kier alpha value is -1.20. The maximum Gasteiger partial charge on any atom is 0.219 e. The van der Waals surface area contributed by atoms with Crippen LogP contribution in [0.15, 0.2) is 0 Å². The quantitative estimate of drug-likeness (QED) is 0.791. The summed E-state index contributed by atoms with van der Waals surface area (Å²) < 4.78 is 10.7. The summed E-state index contributed by atoms with van der Waals surface area (Å²) in [5.74, 6) is 1.26. The van der Waals surface area contributed by atoms with Crippen LogP contribution in [0.1, 0.15) is 17.1 Å². The third-order valence-electron chi connectivity index (χ3n) is 2.61. The van der Waals surface area contributed by atoms with Crippen molar-refractivity contribution < 1.29 is 14.6 Å². The number of aliphatic hydroxyl groups excluding tert-OH is 1. The topological polar surface area (TPSA) is 64.5 Å². The van der Waals surface area contributed by atoms with Gasteiger partial charge in [0.25, 0.3) is 0 Å². The number of aromatic nitrogens is 2. The van der Waals surface area contributed by atoms with Crippen molar-refractivity contribution in [3.63, 3.8) is 0 Å². The molecule has 1 aromatic rings. The van der Waals surface area contributed by atoms with Crippen LogP contribution in [0.25, 0.3) is 0 Å². The summed E-state index contributed by atoms with van der Waals surface area (Å²) in [7, 11) is 1.61. The number of ether oxygens (including phenoxy) is 2. The molecule has 0 fully saturated rings. The highest BCUT2D eigenvalue weighted by Crippen LogP contribution is 2.22. The van der Waals surface area contributed by atoms with Crippen molar-refractivity contribution in [2.24, 2.45) is 0 Å². The van der Waals surface area contributed by atoms with E-state index < -0.39 is 0 Å². The van der Waals surface area contributed by atoms with Crippen molar-refractivity contribution in [1.29, 1.82) is 0 Å². The Balaban J connectivity index is 2.38. The lowest BCUT2D eigenvalue weighted by atomic mass is 10.1. The van der Waals surface area contributed by atoms with Gasteiger partial charge in [0.15, 0.2) is 0 Å². The summed E-state index contributed by atoms with van der Waals surface area (Å²) in [5, 5.41) is 8.90. The molecule has 88 valence electrons. The third-order valence-corrected chi connectivity index (χ3v) is 2.61. The van der Waals surface area contributed by atoms with Gasteiger partial charge >= 0.3 is 0 Å². The fourth-order valence-corrected chi connectivity index (χ4v) is 1.84. The average Bonchev–Trinajstić information content (AvgIpc) is 2.53. The lowest BCUT2D eigenvalue weighted by Gasteiger charge is -2.10. The van der Waals surface area contributed by atoms with Crippen LogP contribution in [0.5, 0.6) is 5.88 Å². The molecule has 5 nitrogen and oxygen atoms in total. The van der Waals surface area contributed by atoms with Crippen molar-refractivity contribution in [3.8, 4) is 5.88 Å². The zero-order valence-corrected chi connectivity index (χ0v) is 9.40. The summed E-state index contributed by atoms with van der Waals surface area (Å²) in [4.78, 5) is 8.73. The van der Waals surface area contributed by atoms with Gasteiger partial charge in [-0.05, 0) is 0 Å². The molecule has 0 radical (unpaired) electrons. The van der Waals surface area contributed by atoms with E-state index in [9.17, 15) is 0 Å². The van der Waals surface area contributed by atoms with Gasteiger partial charge in [-0.2, -0.15) is 4.98 Å². The van der Waals surface area contributed by atoms with Crippen LogP contribution in [0.2, 0.25) is 0 Å². The molecule has 16 heavy (non-hydrogen) atoms. The molecule has 0 atom stereocenters. The molecule has 0 saturated heterocycles. The zero-order chi connectivity index (χ0) is 11.4. The normalized spacial score (nSPS) is 15.4. The van der Waals surface area contributed by atoms with E-state index >= 15 is 0 Å². The van der Waals surface area contributed by atoms with E-state index in [0.717, 1.165) is 24.1 Å². The first kappa shape index (κ1) is 11.3. The van der Waals surface area contributed by atoms with Crippen molar-refractivity contribution >= 4 is 0 Å². The first-order valence-corrected chi connectivity index (χ1v) is 5.46. The van der Waals surface area contributed by atoms with E-state index in [1.165, 1.54) is 0 Å². The Labute approximate surface area is 94.4 Å². The zero-order valence-electron chi connectivity index (χ0n) is 9.40. The van der Waals surface area contributed by atoms with E-state index in [1.807, 2.05) is 0 Å². The number of nitrogens with zero attached hydrogens (tertiary/aromatic N) is 2. The summed E-state index contributed by atoms with van der Waals surface area (Å²) in [6, 6.07) is 0. The summed E-state index contributed by atoms with van der Waals surface area (Å²) >= 11 is 0. The Morgan fingerprint density at radius 2 is 2.12 bits per heavy atom. The summed E-state index contributed by atoms with van der Waals surface area (Å²) in [6.07, 6.45) is 2.04. The van der Waals surface area contributed by atoms with Gasteiger partial charge in [0.1, 0.15) is 5.82 Å². The maximum atomic E-state index is 8.90. The van der Waals surface area contributed by atoms with Gasteiger partial charge in [-0.25, -0.2) is 4.98 Å². The first-order valence-electron chi connectivity index (χ1n) is 5.46. The Bertz CT molecular complexity index is 368. The van der Waals surface area contributed by atoms with Crippen molar-refractivity contribution in [2.75, 3.05) is 26.9 Å². The minimum absolute atomic E-state index is 0.0540. The van der Waals surface area contributed by atoms with Crippen LogP contribution in [-0.4, -0.2) is 42.0 Å². The second kappa shape index (κ2) is 5.23. The number of fused-ring (bicyclic) bond motifs is 1. The molecule has 1 N–H and O–H groups in total. The fraction of sp³-hybridized carbons (Fsp3) is 0.636. The van der Waals surface area contributed by atoms with Gasteiger partial charge in [0, 0.05) is 24.8 Å². The van der Waals surface area contributed by atoms with Crippen molar-refractivity contribution in [2.45, 2.75) is 19.3 Å². The number of hydrogen-bond donors (Lipinski definition) is 1. The minimum atomic E-state index is 0.0540.